The molecule has 0 aromatic heterocycles. The average Bonchev–Trinajstić information content (AvgIpc) is 3.08. The van der Waals surface area contributed by atoms with E-state index in [9.17, 15) is 29.6 Å². The van der Waals surface area contributed by atoms with Crippen molar-refractivity contribution >= 4 is 29.1 Å². The second-order valence-electron chi connectivity index (χ2n) is 7.78. The molecule has 0 aliphatic carbocycles. The lowest BCUT2D eigenvalue weighted by molar-refractivity contribution is -0.384. The van der Waals surface area contributed by atoms with Crippen LogP contribution in [0, 0.1) is 10.1 Å². The first-order chi connectivity index (χ1) is 16.2. The van der Waals surface area contributed by atoms with Crippen LogP contribution in [-0.4, -0.2) is 51.4 Å². The van der Waals surface area contributed by atoms with E-state index in [1.807, 2.05) is 0 Å². The Bertz CT molecular complexity index is 1140. The van der Waals surface area contributed by atoms with E-state index in [-0.39, 0.29) is 29.8 Å². The lowest BCUT2D eigenvalue weighted by Crippen LogP contribution is -2.30. The van der Waals surface area contributed by atoms with Gasteiger partial charge in [-0.25, -0.2) is 0 Å². The summed E-state index contributed by atoms with van der Waals surface area (Å²) in [6.45, 7) is 0.122. The van der Waals surface area contributed by atoms with Crippen molar-refractivity contribution < 1.29 is 34.3 Å². The normalized spacial score (nSPS) is 17.1. The molecule has 10 heteroatoms. The SMILES string of the molecule is COc1ccc(C(O)=C2C(=O)C(=O)N(CCCCCC(=O)O)[C@H]2c2cccc([N+](=O)[O-])c2)cc1. The maximum atomic E-state index is 13.0. The molecule has 1 heterocycles. The van der Waals surface area contributed by atoms with Crippen LogP contribution < -0.4 is 4.74 Å². The maximum absolute atomic E-state index is 13.0. The van der Waals surface area contributed by atoms with Crippen LogP contribution >= 0.6 is 0 Å². The van der Waals surface area contributed by atoms with Crippen LogP contribution in [0.4, 0.5) is 5.69 Å². The Morgan fingerprint density at radius 2 is 1.79 bits per heavy atom. The number of rotatable bonds is 10. The third-order valence-corrected chi connectivity index (χ3v) is 5.59. The van der Waals surface area contributed by atoms with Gasteiger partial charge in [0, 0.05) is 30.7 Å². The maximum Gasteiger partial charge on any atom is 0.303 e. The summed E-state index contributed by atoms with van der Waals surface area (Å²) < 4.78 is 5.11. The molecular formula is C24H24N2O8. The number of benzene rings is 2. The smallest absolute Gasteiger partial charge is 0.303 e. The molecule has 2 N–H and O–H groups in total. The summed E-state index contributed by atoms with van der Waals surface area (Å²) in [5.74, 6) is -2.50. The van der Waals surface area contributed by atoms with Crippen molar-refractivity contribution in [1.82, 2.24) is 4.90 Å². The number of carboxylic acids is 1. The summed E-state index contributed by atoms with van der Waals surface area (Å²) in [5.41, 5.74) is 0.222. The number of hydrogen-bond acceptors (Lipinski definition) is 7. The highest BCUT2D eigenvalue weighted by molar-refractivity contribution is 6.46. The average molecular weight is 468 g/mol. The fourth-order valence-corrected chi connectivity index (χ4v) is 3.91. The minimum absolute atomic E-state index is 0.00933. The van der Waals surface area contributed by atoms with Crippen LogP contribution in [0.3, 0.4) is 0 Å². The van der Waals surface area contributed by atoms with Crippen molar-refractivity contribution in [2.24, 2.45) is 0 Å². The minimum atomic E-state index is -1.03. The van der Waals surface area contributed by atoms with E-state index in [1.54, 1.807) is 18.2 Å². The van der Waals surface area contributed by atoms with Gasteiger partial charge in [-0.15, -0.1) is 0 Å². The molecule has 0 spiro atoms. The van der Waals surface area contributed by atoms with Gasteiger partial charge in [-0.2, -0.15) is 0 Å². The molecule has 0 unspecified atom stereocenters. The fourth-order valence-electron chi connectivity index (χ4n) is 3.91. The fraction of sp³-hybridized carbons (Fsp3) is 0.292. The second-order valence-corrected chi connectivity index (χ2v) is 7.78. The molecule has 3 rings (SSSR count). The Morgan fingerprint density at radius 1 is 1.09 bits per heavy atom. The van der Waals surface area contributed by atoms with E-state index in [0.29, 0.717) is 30.6 Å². The third kappa shape index (κ3) is 5.22. The van der Waals surface area contributed by atoms with Crippen LogP contribution in [0.25, 0.3) is 5.76 Å². The van der Waals surface area contributed by atoms with Crippen LogP contribution in [0.15, 0.2) is 54.1 Å². The first-order valence-electron chi connectivity index (χ1n) is 10.6. The molecule has 0 saturated carbocycles. The number of amides is 1. The van der Waals surface area contributed by atoms with Crippen molar-refractivity contribution in [2.75, 3.05) is 13.7 Å². The van der Waals surface area contributed by atoms with Gasteiger partial charge >= 0.3 is 5.97 Å². The summed E-state index contributed by atoms with van der Waals surface area (Å²) in [4.78, 5) is 48.6. The number of carboxylic acid groups (broad SMARTS) is 1. The highest BCUT2D eigenvalue weighted by atomic mass is 16.6. The zero-order chi connectivity index (χ0) is 24.8. The number of hydrogen-bond donors (Lipinski definition) is 2. The Morgan fingerprint density at radius 3 is 2.41 bits per heavy atom. The topological polar surface area (TPSA) is 147 Å². The molecule has 10 nitrogen and oxygen atoms in total. The van der Waals surface area contributed by atoms with Crippen molar-refractivity contribution in [2.45, 2.75) is 31.7 Å². The quantitative estimate of drug-likeness (QED) is 0.134. The lowest BCUT2D eigenvalue weighted by atomic mass is 9.95. The van der Waals surface area contributed by atoms with Gasteiger partial charge in [0.05, 0.1) is 23.6 Å². The van der Waals surface area contributed by atoms with Gasteiger partial charge in [0.2, 0.25) is 0 Å². The number of unbranched alkanes of at least 4 members (excludes halogenated alkanes) is 2. The minimum Gasteiger partial charge on any atom is -0.507 e. The molecule has 0 radical (unpaired) electrons. The van der Waals surface area contributed by atoms with Crippen molar-refractivity contribution in [3.05, 3.63) is 75.3 Å². The number of ether oxygens (including phenoxy) is 1. The molecular weight excluding hydrogens is 444 g/mol. The first-order valence-corrected chi connectivity index (χ1v) is 10.6. The number of aliphatic hydroxyl groups is 1. The third-order valence-electron chi connectivity index (χ3n) is 5.59. The Balaban J connectivity index is 2.02. The van der Waals surface area contributed by atoms with E-state index in [1.165, 1.54) is 42.3 Å². The predicted octanol–water partition coefficient (Wildman–Crippen LogP) is 3.67. The molecule has 1 amide bonds. The Labute approximate surface area is 195 Å². The Hall–Kier alpha value is -4.21. The van der Waals surface area contributed by atoms with Crippen LogP contribution in [0.5, 0.6) is 5.75 Å². The summed E-state index contributed by atoms with van der Waals surface area (Å²) in [6, 6.07) is 10.8. The molecule has 34 heavy (non-hydrogen) atoms. The zero-order valence-electron chi connectivity index (χ0n) is 18.5. The number of carbonyl (C=O) groups is 3. The molecule has 2 aromatic carbocycles. The number of aliphatic hydroxyl groups excluding tert-OH is 1. The predicted molar refractivity (Wildman–Crippen MR) is 121 cm³/mol. The van der Waals surface area contributed by atoms with Gasteiger partial charge < -0.3 is 19.8 Å². The monoisotopic (exact) mass is 468 g/mol. The summed E-state index contributed by atoms with van der Waals surface area (Å²) in [6.07, 6.45) is 1.33. The number of aliphatic carboxylic acids is 1. The molecule has 1 saturated heterocycles. The largest absolute Gasteiger partial charge is 0.507 e. The van der Waals surface area contributed by atoms with Gasteiger partial charge in [-0.05, 0) is 42.7 Å². The van der Waals surface area contributed by atoms with Crippen LogP contribution in [-0.2, 0) is 14.4 Å². The number of methoxy groups -OCH3 is 1. The Kier molecular flexibility index (Phi) is 7.62. The molecule has 1 fully saturated rings. The zero-order valence-corrected chi connectivity index (χ0v) is 18.5. The molecule has 1 atom stereocenters. The summed E-state index contributed by atoms with van der Waals surface area (Å²) in [7, 11) is 1.49. The first kappa shape index (κ1) is 24.4. The molecule has 178 valence electrons. The molecule has 2 aromatic rings. The standard InChI is InChI=1S/C24H24N2O8/c1-34-18-11-9-15(10-12-18)22(29)20-21(16-6-5-7-17(14-16)26(32)33)25(24(31)23(20)30)13-4-2-3-8-19(27)28/h5-7,9-12,14,21,29H,2-4,8,13H2,1H3,(H,27,28)/t21-/m0/s1. The molecule has 0 bridgehead atoms. The highest BCUT2D eigenvalue weighted by Crippen LogP contribution is 2.40. The number of Topliss-reactive ketones (excluding diaryl/α,β-unsaturated/α-hetero) is 1. The van der Waals surface area contributed by atoms with Crippen LogP contribution in [0.1, 0.15) is 42.9 Å². The van der Waals surface area contributed by atoms with Gasteiger partial charge in [0.1, 0.15) is 11.5 Å². The molecule has 1 aliphatic rings. The van der Waals surface area contributed by atoms with E-state index in [2.05, 4.69) is 0 Å². The highest BCUT2D eigenvalue weighted by Gasteiger charge is 2.46. The number of carbonyl (C=O) groups excluding carboxylic acids is 2. The van der Waals surface area contributed by atoms with Gasteiger partial charge in [0.25, 0.3) is 17.4 Å². The summed E-state index contributed by atoms with van der Waals surface area (Å²) in [5, 5.41) is 31.1. The van der Waals surface area contributed by atoms with Gasteiger partial charge in [0.15, 0.2) is 0 Å². The number of nitro groups is 1. The van der Waals surface area contributed by atoms with Crippen LogP contribution in [0.2, 0.25) is 0 Å². The van der Waals surface area contributed by atoms with E-state index < -0.39 is 34.4 Å². The molecule has 1 aliphatic heterocycles. The van der Waals surface area contributed by atoms with Crippen molar-refractivity contribution in [3.8, 4) is 5.75 Å². The van der Waals surface area contributed by atoms with Crippen molar-refractivity contribution in [1.29, 1.82) is 0 Å². The van der Waals surface area contributed by atoms with Gasteiger partial charge in [-0.1, -0.05) is 18.6 Å². The number of nitrogens with zero attached hydrogens (tertiary/aromatic N) is 2. The number of non-ortho nitro benzene ring substituents is 1. The summed E-state index contributed by atoms with van der Waals surface area (Å²) >= 11 is 0. The lowest BCUT2D eigenvalue weighted by Gasteiger charge is -2.25. The van der Waals surface area contributed by atoms with E-state index in [4.69, 9.17) is 9.84 Å². The number of likely N-dealkylation sites (tertiary alicyclic amines) is 1. The van der Waals surface area contributed by atoms with Gasteiger partial charge in [-0.3, -0.25) is 24.5 Å². The van der Waals surface area contributed by atoms with Crippen molar-refractivity contribution in [3.63, 3.8) is 0 Å². The number of nitro benzene ring substituents is 1. The van der Waals surface area contributed by atoms with E-state index >= 15 is 0 Å². The second kappa shape index (κ2) is 10.6. The number of ketones is 1. The van der Waals surface area contributed by atoms with E-state index in [0.717, 1.165) is 0 Å².